The molecular formula is C18H29NO. The van der Waals surface area contributed by atoms with E-state index in [1.54, 1.807) is 0 Å². The maximum Gasteiger partial charge on any atom is 0.122 e. The fraction of sp³-hybridized carbons (Fsp3) is 0.556. The molecule has 0 spiro atoms. The lowest BCUT2D eigenvalue weighted by molar-refractivity contribution is 0.350. The number of rotatable bonds is 5. The minimum atomic E-state index is 0.246. The summed E-state index contributed by atoms with van der Waals surface area (Å²) in [4.78, 5) is 2.20. The number of benzene rings is 1. The summed E-state index contributed by atoms with van der Waals surface area (Å²) in [6, 6.07) is 4.54. The highest BCUT2D eigenvalue weighted by Gasteiger charge is 2.19. The molecule has 0 bridgehead atoms. The molecule has 0 aliphatic heterocycles. The number of nitrogens with zero attached hydrogens (tertiary/aromatic N) is 1. The van der Waals surface area contributed by atoms with E-state index in [0.29, 0.717) is 17.6 Å². The Hall–Kier alpha value is -1.28. The Morgan fingerprint density at radius 1 is 1.00 bits per heavy atom. The van der Waals surface area contributed by atoms with Gasteiger partial charge in [-0.15, -0.1) is 0 Å². The highest BCUT2D eigenvalue weighted by atomic mass is 16.3. The number of hydrogen-bond acceptors (Lipinski definition) is 2. The van der Waals surface area contributed by atoms with Gasteiger partial charge in [0.15, 0.2) is 0 Å². The summed E-state index contributed by atoms with van der Waals surface area (Å²) in [6.07, 6.45) is 4.28. The van der Waals surface area contributed by atoms with Crippen LogP contribution in [-0.4, -0.2) is 24.1 Å². The second kappa shape index (κ2) is 6.94. The highest BCUT2D eigenvalue weighted by Crippen LogP contribution is 2.37. The third-order valence-electron chi connectivity index (χ3n) is 3.71. The SMILES string of the molecule is CC=CC(c1cc(C(C)C)c(O)c(C(C)C)c1)N(C)C. The van der Waals surface area contributed by atoms with Gasteiger partial charge in [0.2, 0.25) is 0 Å². The first-order valence-corrected chi connectivity index (χ1v) is 7.45. The van der Waals surface area contributed by atoms with Gasteiger partial charge in [0.05, 0.1) is 6.04 Å². The molecule has 20 heavy (non-hydrogen) atoms. The average molecular weight is 275 g/mol. The second-order valence-corrected chi connectivity index (χ2v) is 6.29. The summed E-state index contributed by atoms with van der Waals surface area (Å²) in [5, 5.41) is 10.5. The van der Waals surface area contributed by atoms with Crippen molar-refractivity contribution >= 4 is 0 Å². The molecular weight excluding hydrogens is 246 g/mol. The number of phenols is 1. The molecule has 1 unspecified atom stereocenters. The van der Waals surface area contributed by atoms with Crippen molar-refractivity contribution in [2.24, 2.45) is 0 Å². The predicted octanol–water partition coefficient (Wildman–Crippen LogP) is 4.82. The van der Waals surface area contributed by atoms with E-state index >= 15 is 0 Å². The van der Waals surface area contributed by atoms with Crippen LogP contribution in [0.25, 0.3) is 0 Å². The fourth-order valence-electron chi connectivity index (χ4n) is 2.52. The van der Waals surface area contributed by atoms with Gasteiger partial charge in [0.25, 0.3) is 0 Å². The molecule has 1 atom stereocenters. The Balaban J connectivity index is 3.47. The summed E-state index contributed by atoms with van der Waals surface area (Å²) in [5.74, 6) is 1.11. The van der Waals surface area contributed by atoms with Crippen LogP contribution < -0.4 is 0 Å². The third kappa shape index (κ3) is 3.63. The van der Waals surface area contributed by atoms with Crippen LogP contribution in [0.15, 0.2) is 24.3 Å². The van der Waals surface area contributed by atoms with Crippen molar-refractivity contribution in [3.05, 3.63) is 41.0 Å². The summed E-state index contributed by atoms with van der Waals surface area (Å²) < 4.78 is 0. The Morgan fingerprint density at radius 3 is 1.75 bits per heavy atom. The summed E-state index contributed by atoms with van der Waals surface area (Å²) in [6.45, 7) is 10.6. The Bertz CT molecular complexity index is 443. The Kier molecular flexibility index (Phi) is 5.82. The molecule has 0 aliphatic carbocycles. The summed E-state index contributed by atoms with van der Waals surface area (Å²) >= 11 is 0. The zero-order valence-electron chi connectivity index (χ0n) is 13.9. The van der Waals surface area contributed by atoms with Gasteiger partial charge in [-0.3, -0.25) is 4.90 Å². The van der Waals surface area contributed by atoms with Crippen molar-refractivity contribution in [3.8, 4) is 5.75 Å². The van der Waals surface area contributed by atoms with Crippen LogP contribution in [0.3, 0.4) is 0 Å². The van der Waals surface area contributed by atoms with Gasteiger partial charge in [-0.1, -0.05) is 39.8 Å². The Morgan fingerprint density at radius 2 is 1.45 bits per heavy atom. The van der Waals surface area contributed by atoms with Gasteiger partial charge < -0.3 is 5.11 Å². The molecule has 0 saturated heterocycles. The topological polar surface area (TPSA) is 23.5 Å². The van der Waals surface area contributed by atoms with Gasteiger partial charge in [-0.25, -0.2) is 0 Å². The second-order valence-electron chi connectivity index (χ2n) is 6.29. The van der Waals surface area contributed by atoms with Crippen LogP contribution in [0.4, 0.5) is 0 Å². The van der Waals surface area contributed by atoms with E-state index in [4.69, 9.17) is 0 Å². The van der Waals surface area contributed by atoms with Crippen LogP contribution in [0.2, 0.25) is 0 Å². The van der Waals surface area contributed by atoms with Gasteiger partial charge >= 0.3 is 0 Å². The van der Waals surface area contributed by atoms with Gasteiger partial charge in [-0.2, -0.15) is 0 Å². The van der Waals surface area contributed by atoms with E-state index in [-0.39, 0.29) is 6.04 Å². The van der Waals surface area contributed by atoms with Crippen molar-refractivity contribution < 1.29 is 5.11 Å². The van der Waals surface area contributed by atoms with Crippen molar-refractivity contribution in [2.75, 3.05) is 14.1 Å². The first-order valence-electron chi connectivity index (χ1n) is 7.45. The van der Waals surface area contributed by atoms with Crippen molar-refractivity contribution in [1.29, 1.82) is 0 Å². The molecule has 1 rings (SSSR count). The smallest absolute Gasteiger partial charge is 0.122 e. The van der Waals surface area contributed by atoms with Crippen LogP contribution >= 0.6 is 0 Å². The van der Waals surface area contributed by atoms with Crippen LogP contribution in [-0.2, 0) is 0 Å². The number of aromatic hydroxyl groups is 1. The minimum Gasteiger partial charge on any atom is -0.507 e. The van der Waals surface area contributed by atoms with Crippen LogP contribution in [0, 0.1) is 0 Å². The molecule has 0 aliphatic rings. The number of hydrogen-bond donors (Lipinski definition) is 1. The fourth-order valence-corrected chi connectivity index (χ4v) is 2.52. The molecule has 0 fully saturated rings. The molecule has 2 heteroatoms. The van der Waals surface area contributed by atoms with Crippen LogP contribution in [0.5, 0.6) is 5.75 Å². The van der Waals surface area contributed by atoms with E-state index in [2.05, 4.69) is 71.0 Å². The Labute approximate surface area is 124 Å². The molecule has 1 aromatic carbocycles. The average Bonchev–Trinajstić information content (AvgIpc) is 2.35. The number of likely N-dealkylation sites (N-methyl/N-ethyl adjacent to an activating group) is 1. The standard InChI is InChI=1S/C18H29NO/c1-8-9-17(19(6)7)14-10-15(12(2)3)18(20)16(11-14)13(4)5/h8-13,17,20H,1-7H3. The van der Waals surface area contributed by atoms with Gasteiger partial charge in [0, 0.05) is 0 Å². The first kappa shape index (κ1) is 16.8. The number of phenolic OH excluding ortho intramolecular Hbond substituents is 1. The highest BCUT2D eigenvalue weighted by molar-refractivity contribution is 5.48. The lowest BCUT2D eigenvalue weighted by Crippen LogP contribution is -2.18. The lowest BCUT2D eigenvalue weighted by Gasteiger charge is -2.25. The largest absolute Gasteiger partial charge is 0.507 e. The van der Waals surface area contributed by atoms with Gasteiger partial charge in [-0.05, 0) is 61.7 Å². The molecule has 0 radical (unpaired) electrons. The normalized spacial score (nSPS) is 13.9. The van der Waals surface area contributed by atoms with Crippen LogP contribution in [0.1, 0.15) is 69.2 Å². The van der Waals surface area contributed by atoms with Crippen molar-refractivity contribution in [1.82, 2.24) is 4.90 Å². The van der Waals surface area contributed by atoms with E-state index < -0.39 is 0 Å². The molecule has 112 valence electrons. The zero-order valence-corrected chi connectivity index (χ0v) is 13.9. The zero-order chi connectivity index (χ0) is 15.4. The summed E-state index contributed by atoms with van der Waals surface area (Å²) in [7, 11) is 4.17. The van der Waals surface area contributed by atoms with Crippen molar-refractivity contribution in [3.63, 3.8) is 0 Å². The first-order chi connectivity index (χ1) is 9.29. The third-order valence-corrected chi connectivity index (χ3v) is 3.71. The molecule has 0 saturated carbocycles. The summed E-state index contributed by atoms with van der Waals surface area (Å²) in [5.41, 5.74) is 3.34. The van der Waals surface area contributed by atoms with E-state index in [1.807, 2.05) is 6.92 Å². The molecule has 1 aromatic rings. The monoisotopic (exact) mass is 275 g/mol. The maximum absolute atomic E-state index is 10.5. The van der Waals surface area contributed by atoms with Crippen molar-refractivity contribution in [2.45, 2.75) is 52.5 Å². The van der Waals surface area contributed by atoms with E-state index in [9.17, 15) is 5.11 Å². The molecule has 0 aromatic heterocycles. The molecule has 0 heterocycles. The predicted molar refractivity (Wildman–Crippen MR) is 87.5 cm³/mol. The number of allylic oxidation sites excluding steroid dienone is 1. The molecule has 0 amide bonds. The van der Waals surface area contributed by atoms with E-state index in [0.717, 1.165) is 11.1 Å². The van der Waals surface area contributed by atoms with E-state index in [1.165, 1.54) is 5.56 Å². The maximum atomic E-state index is 10.5. The molecule has 1 N–H and O–H groups in total. The molecule has 2 nitrogen and oxygen atoms in total. The minimum absolute atomic E-state index is 0.246. The lowest BCUT2D eigenvalue weighted by atomic mass is 9.89. The van der Waals surface area contributed by atoms with Gasteiger partial charge in [0.1, 0.15) is 5.75 Å². The quantitative estimate of drug-likeness (QED) is 0.779.